The Morgan fingerprint density at radius 3 is 1.27 bits per heavy atom. The number of ether oxygens (including phenoxy) is 1. The minimum Gasteiger partial charge on any atom is -0.466 e. The second-order valence-electron chi connectivity index (χ2n) is 14.6. The lowest BCUT2D eigenvalue weighted by molar-refractivity contribution is -0.142. The maximum absolute atomic E-state index is 10.6. The summed E-state index contributed by atoms with van der Waals surface area (Å²) in [7, 11) is 8.73. The number of hydrogen-bond donors (Lipinski definition) is 0. The van der Waals surface area contributed by atoms with E-state index < -0.39 is 0 Å². The normalized spacial score (nSPS) is 16.8. The number of nitrogens with zero attached hydrogens (tertiary/aromatic N) is 5. The fourth-order valence-electron chi connectivity index (χ4n) is 5.27. The summed E-state index contributed by atoms with van der Waals surface area (Å²) in [5.74, 6) is 1.64. The Balaban J connectivity index is 0. The van der Waals surface area contributed by atoms with Crippen LogP contribution < -0.4 is 4.90 Å². The molecule has 0 spiro atoms. The van der Waals surface area contributed by atoms with Gasteiger partial charge in [-0.1, -0.05) is 59.2 Å². The summed E-state index contributed by atoms with van der Waals surface area (Å²) in [6, 6.07) is 8.82. The van der Waals surface area contributed by atoms with E-state index in [1.54, 1.807) is 13.8 Å². The Morgan fingerprint density at radius 2 is 0.962 bits per heavy atom. The third-order valence-electron chi connectivity index (χ3n) is 9.21. The van der Waals surface area contributed by atoms with Crippen LogP contribution in [0.25, 0.3) is 0 Å². The van der Waals surface area contributed by atoms with Crippen LogP contribution in [0.2, 0.25) is 0 Å². The van der Waals surface area contributed by atoms with E-state index in [1.807, 2.05) is 27.7 Å². The van der Waals surface area contributed by atoms with Crippen LogP contribution in [0.15, 0.2) is 24.3 Å². The number of ketones is 2. The van der Waals surface area contributed by atoms with Crippen LogP contribution in [0.3, 0.4) is 0 Å². The number of Topliss-reactive ketones (excluding diaryl/α,β-unsaturated/α-hetero) is 2. The first-order valence-corrected chi connectivity index (χ1v) is 20.5. The van der Waals surface area contributed by atoms with Gasteiger partial charge in [-0.25, -0.2) is 0 Å². The van der Waals surface area contributed by atoms with Gasteiger partial charge in [0, 0.05) is 90.1 Å². The second kappa shape index (κ2) is 34.4. The Bertz CT molecular complexity index is 916. The van der Waals surface area contributed by atoms with Gasteiger partial charge in [0.25, 0.3) is 0 Å². The molecular weight excluding hydrogens is 651 g/mol. The van der Waals surface area contributed by atoms with Crippen molar-refractivity contribution in [2.24, 2.45) is 5.92 Å². The van der Waals surface area contributed by atoms with Crippen LogP contribution in [0.1, 0.15) is 118 Å². The summed E-state index contributed by atoms with van der Waals surface area (Å²) in [6.45, 7) is 28.7. The van der Waals surface area contributed by atoms with Crippen LogP contribution in [0, 0.1) is 12.8 Å². The smallest absolute Gasteiger partial charge is 0.305 e. The Hall–Kier alpha value is -2.33. The average molecular weight is 734 g/mol. The highest BCUT2D eigenvalue weighted by Gasteiger charge is 2.13. The van der Waals surface area contributed by atoms with Gasteiger partial charge >= 0.3 is 5.97 Å². The van der Waals surface area contributed by atoms with Gasteiger partial charge in [0.2, 0.25) is 0 Å². The quantitative estimate of drug-likeness (QED) is 0.224. The summed E-state index contributed by atoms with van der Waals surface area (Å²) in [5, 5.41) is 0. The molecule has 0 amide bonds. The van der Waals surface area contributed by atoms with E-state index in [9.17, 15) is 14.4 Å². The van der Waals surface area contributed by atoms with Crippen LogP contribution in [-0.4, -0.2) is 137 Å². The zero-order valence-corrected chi connectivity index (χ0v) is 36.1. The molecule has 3 aliphatic rings. The number of aryl methyl sites for hydroxylation is 1. The Kier molecular flexibility index (Phi) is 34.3. The third kappa shape index (κ3) is 31.2. The summed E-state index contributed by atoms with van der Waals surface area (Å²) in [5.41, 5.74) is 2.70. The molecule has 0 aromatic heterocycles. The van der Waals surface area contributed by atoms with Gasteiger partial charge in [-0.05, 0) is 105 Å². The minimum atomic E-state index is -0.123. The lowest BCUT2D eigenvalue weighted by Gasteiger charge is -2.34. The van der Waals surface area contributed by atoms with Gasteiger partial charge in [-0.3, -0.25) is 14.4 Å². The van der Waals surface area contributed by atoms with E-state index in [-0.39, 0.29) is 5.97 Å². The molecule has 0 aliphatic carbocycles. The zero-order chi connectivity index (χ0) is 39.7. The molecule has 3 fully saturated rings. The maximum Gasteiger partial charge on any atom is 0.305 e. The van der Waals surface area contributed by atoms with E-state index in [2.05, 4.69) is 95.5 Å². The van der Waals surface area contributed by atoms with Crippen molar-refractivity contribution < 1.29 is 19.1 Å². The predicted molar refractivity (Wildman–Crippen MR) is 224 cm³/mol. The highest BCUT2D eigenvalue weighted by molar-refractivity contribution is 5.78. The summed E-state index contributed by atoms with van der Waals surface area (Å²) in [4.78, 5) is 43.2. The van der Waals surface area contributed by atoms with Gasteiger partial charge in [-0.15, -0.1) is 0 Å². The van der Waals surface area contributed by atoms with Gasteiger partial charge in [-0.2, -0.15) is 0 Å². The number of rotatable bonds is 10. The fraction of sp³-hybridized carbons (Fsp3) is 0.791. The maximum atomic E-state index is 10.6. The van der Waals surface area contributed by atoms with Crippen molar-refractivity contribution >= 4 is 23.2 Å². The molecule has 4 rings (SSSR count). The topological polar surface area (TPSA) is 76.6 Å². The number of piperidine rings is 1. The fourth-order valence-corrected chi connectivity index (χ4v) is 5.27. The molecule has 52 heavy (non-hydrogen) atoms. The number of anilines is 1. The van der Waals surface area contributed by atoms with E-state index >= 15 is 0 Å². The highest BCUT2D eigenvalue weighted by Crippen LogP contribution is 2.16. The number of likely N-dealkylation sites (tertiary alicyclic amines) is 1. The van der Waals surface area contributed by atoms with E-state index in [0.717, 1.165) is 57.5 Å². The van der Waals surface area contributed by atoms with Gasteiger partial charge < -0.3 is 29.2 Å². The molecule has 1 aromatic rings. The second-order valence-corrected chi connectivity index (χ2v) is 14.6. The number of benzene rings is 1. The molecule has 1 aromatic carbocycles. The lowest BCUT2D eigenvalue weighted by atomic mass is 10.00. The molecule has 0 radical (unpaired) electrons. The number of carbonyl (C=O) groups is 3. The summed E-state index contributed by atoms with van der Waals surface area (Å²) in [6.07, 6.45) is 9.27. The highest BCUT2D eigenvalue weighted by atomic mass is 16.5. The first-order chi connectivity index (χ1) is 24.8. The first-order valence-electron chi connectivity index (χ1n) is 20.5. The SMILES string of the molecule is CC1CCN(C)CC1.CCCC(=O)CC.CCCC(=O)CCC.CCOC(=O)CC.CN1CCN(C)CC1.Cc1ccc(N2CCN(C)CC2)cc1. The zero-order valence-electron chi connectivity index (χ0n) is 36.1. The molecule has 9 nitrogen and oxygen atoms in total. The van der Waals surface area contributed by atoms with Gasteiger partial charge in [0.05, 0.1) is 6.61 Å². The molecule has 0 bridgehead atoms. The minimum absolute atomic E-state index is 0.123. The third-order valence-corrected chi connectivity index (χ3v) is 9.21. The molecule has 0 atom stereocenters. The van der Waals surface area contributed by atoms with Gasteiger partial charge in [0.1, 0.15) is 11.6 Å². The largest absolute Gasteiger partial charge is 0.466 e. The number of piperazine rings is 2. The van der Waals surface area contributed by atoms with Crippen LogP contribution in [0.4, 0.5) is 5.69 Å². The number of carbonyl (C=O) groups excluding carboxylic acids is 3. The molecule has 0 saturated carbocycles. The number of esters is 1. The number of hydrogen-bond acceptors (Lipinski definition) is 9. The molecule has 0 unspecified atom stereocenters. The molecular formula is C43H83N5O4. The van der Waals surface area contributed by atoms with Gasteiger partial charge in [0.15, 0.2) is 0 Å². The van der Waals surface area contributed by atoms with E-state index in [4.69, 9.17) is 0 Å². The van der Waals surface area contributed by atoms with Crippen LogP contribution >= 0.6 is 0 Å². The van der Waals surface area contributed by atoms with Crippen molar-refractivity contribution in [2.75, 3.05) is 105 Å². The average Bonchev–Trinajstić information content (AvgIpc) is 3.13. The van der Waals surface area contributed by atoms with Crippen molar-refractivity contribution in [3.8, 4) is 0 Å². The van der Waals surface area contributed by atoms with Crippen LogP contribution in [0.5, 0.6) is 0 Å². The molecule has 3 heterocycles. The van der Waals surface area contributed by atoms with Crippen molar-refractivity contribution in [3.05, 3.63) is 29.8 Å². The lowest BCUT2D eigenvalue weighted by Crippen LogP contribution is -2.44. The molecule has 9 heteroatoms. The Morgan fingerprint density at radius 1 is 0.577 bits per heavy atom. The molecule has 3 aliphatic heterocycles. The summed E-state index contributed by atoms with van der Waals surface area (Å²) < 4.78 is 4.55. The van der Waals surface area contributed by atoms with Crippen molar-refractivity contribution in [1.29, 1.82) is 0 Å². The van der Waals surface area contributed by atoms with E-state index in [1.165, 1.54) is 76.5 Å². The van der Waals surface area contributed by atoms with Crippen molar-refractivity contribution in [1.82, 2.24) is 19.6 Å². The van der Waals surface area contributed by atoms with Crippen LogP contribution in [-0.2, 0) is 19.1 Å². The van der Waals surface area contributed by atoms with Crippen molar-refractivity contribution in [2.45, 2.75) is 120 Å². The molecule has 304 valence electrons. The first kappa shape index (κ1) is 51.8. The molecule has 0 N–H and O–H groups in total. The molecule has 3 saturated heterocycles. The van der Waals surface area contributed by atoms with Crippen molar-refractivity contribution in [3.63, 3.8) is 0 Å². The monoisotopic (exact) mass is 734 g/mol. The standard InChI is InChI=1S/C12H18N2.C7H15N.C7H14O.C6H14N2.C6H12O.C5H10O2/c1-11-3-5-12(6-4-11)14-9-7-13(2)8-10-14;1-7-3-5-8(2)6-4-7;1-3-5-7(8)6-4-2;1-7-3-5-8(2)6-4-7;1-3-5-6(7)4-2;1-3-5(6)7-4-2/h3-6H,7-10H2,1-2H3;7H,3-6H2,1-2H3;2*3-6H2,1-2H3;3-5H2,1-2H3;3-4H2,1-2H3. The number of likely N-dealkylation sites (N-methyl/N-ethyl adjacent to an activating group) is 3. The summed E-state index contributed by atoms with van der Waals surface area (Å²) >= 11 is 0. The Labute approximate surface area is 321 Å². The van der Waals surface area contributed by atoms with E-state index in [0.29, 0.717) is 31.0 Å². The predicted octanol–water partition coefficient (Wildman–Crippen LogP) is 7.84.